The predicted molar refractivity (Wildman–Crippen MR) is 134 cm³/mol. The van der Waals surface area contributed by atoms with Crippen molar-refractivity contribution in [2.24, 2.45) is 11.8 Å². The van der Waals surface area contributed by atoms with E-state index in [0.29, 0.717) is 22.9 Å². The first-order valence-electron chi connectivity index (χ1n) is 12.3. The number of carbonyl (C=O) groups is 4. The topological polar surface area (TPSA) is 86.8 Å². The maximum atomic E-state index is 13.4. The van der Waals surface area contributed by atoms with Gasteiger partial charge in [0.1, 0.15) is 6.04 Å². The van der Waals surface area contributed by atoms with Crippen LogP contribution in [0.1, 0.15) is 57.4 Å². The van der Waals surface area contributed by atoms with Crippen molar-refractivity contribution in [2.45, 2.75) is 70.5 Å². The van der Waals surface area contributed by atoms with Crippen LogP contribution in [0.3, 0.4) is 0 Å². The zero-order valence-electron chi connectivity index (χ0n) is 19.8. The molecule has 4 rings (SSSR count). The van der Waals surface area contributed by atoms with Crippen LogP contribution >= 0.6 is 23.2 Å². The Morgan fingerprint density at radius 3 is 2.29 bits per heavy atom. The summed E-state index contributed by atoms with van der Waals surface area (Å²) in [5.41, 5.74) is 0.735. The van der Waals surface area contributed by atoms with E-state index in [4.69, 9.17) is 23.2 Å². The summed E-state index contributed by atoms with van der Waals surface area (Å²) in [6.07, 6.45) is 8.98. The number of nitrogens with zero attached hydrogens (tertiary/aromatic N) is 2. The SMILES string of the molecule is CC(C(=O)NC1CCCC1)N(Cc1ccc(Cl)c(Cl)c1)C(=O)CCN1C(=O)[C@H]2CC=CC[C@H]2C1=O. The van der Waals surface area contributed by atoms with E-state index in [1.165, 1.54) is 9.80 Å². The zero-order valence-corrected chi connectivity index (χ0v) is 21.4. The molecule has 1 saturated carbocycles. The Kier molecular flexibility index (Phi) is 8.17. The molecule has 3 atom stereocenters. The highest BCUT2D eigenvalue weighted by Crippen LogP contribution is 2.35. The molecule has 2 aliphatic carbocycles. The first-order valence-corrected chi connectivity index (χ1v) is 13.1. The van der Waals surface area contributed by atoms with Gasteiger partial charge in [-0.05, 0) is 50.3 Å². The minimum absolute atomic E-state index is 0.0122. The van der Waals surface area contributed by atoms with Crippen LogP contribution in [0.2, 0.25) is 10.0 Å². The number of likely N-dealkylation sites (tertiary alicyclic amines) is 1. The van der Waals surface area contributed by atoms with E-state index < -0.39 is 6.04 Å². The number of nitrogens with one attached hydrogen (secondary N) is 1. The van der Waals surface area contributed by atoms with E-state index in [9.17, 15) is 19.2 Å². The van der Waals surface area contributed by atoms with E-state index in [-0.39, 0.29) is 61.0 Å². The van der Waals surface area contributed by atoms with Crippen LogP contribution in [-0.2, 0) is 25.7 Å². The van der Waals surface area contributed by atoms with E-state index >= 15 is 0 Å². The third-order valence-corrected chi connectivity index (χ3v) is 8.09. The molecule has 1 N–H and O–H groups in total. The van der Waals surface area contributed by atoms with Crippen molar-refractivity contribution in [3.63, 3.8) is 0 Å². The third kappa shape index (κ3) is 5.72. The quantitative estimate of drug-likeness (QED) is 0.413. The molecule has 0 aromatic heterocycles. The molecule has 188 valence electrons. The summed E-state index contributed by atoms with van der Waals surface area (Å²) in [6, 6.07) is 4.50. The number of hydrogen-bond donors (Lipinski definition) is 1. The number of rotatable bonds is 8. The molecule has 4 amide bonds. The molecule has 0 spiro atoms. The van der Waals surface area contributed by atoms with Gasteiger partial charge in [-0.3, -0.25) is 24.1 Å². The lowest BCUT2D eigenvalue weighted by atomic mass is 9.85. The van der Waals surface area contributed by atoms with Gasteiger partial charge in [-0.25, -0.2) is 0 Å². The number of imide groups is 1. The molecule has 1 aromatic rings. The highest BCUT2D eigenvalue weighted by molar-refractivity contribution is 6.42. The first kappa shape index (κ1) is 25.7. The Balaban J connectivity index is 1.46. The van der Waals surface area contributed by atoms with Crippen LogP contribution in [0.5, 0.6) is 0 Å². The van der Waals surface area contributed by atoms with Crippen LogP contribution in [-0.4, -0.2) is 52.1 Å². The average molecular weight is 520 g/mol. The van der Waals surface area contributed by atoms with Gasteiger partial charge < -0.3 is 10.2 Å². The molecule has 1 aliphatic heterocycles. The standard InChI is InChI=1S/C26H31Cl2N3O4/c1-16(24(33)29-18-6-2-3-7-18)31(15-17-10-11-21(27)22(28)14-17)23(32)12-13-30-25(34)19-8-4-5-9-20(19)26(30)35/h4-5,10-11,14,16,18-20H,2-3,6-9,12-13,15H2,1H3,(H,29,33)/t16?,19-,20+. The van der Waals surface area contributed by atoms with Gasteiger partial charge in [-0.1, -0.05) is 54.3 Å². The molecule has 0 radical (unpaired) electrons. The zero-order chi connectivity index (χ0) is 25.1. The molecule has 1 aromatic carbocycles. The summed E-state index contributed by atoms with van der Waals surface area (Å²) in [4.78, 5) is 54.7. The lowest BCUT2D eigenvalue weighted by Gasteiger charge is -2.30. The Morgan fingerprint density at radius 2 is 1.69 bits per heavy atom. The molecular formula is C26H31Cl2N3O4. The normalized spacial score (nSPS) is 22.9. The highest BCUT2D eigenvalue weighted by atomic mass is 35.5. The number of fused-ring (bicyclic) bond motifs is 1. The average Bonchev–Trinajstić information content (AvgIpc) is 3.44. The monoisotopic (exact) mass is 519 g/mol. The molecule has 35 heavy (non-hydrogen) atoms. The minimum atomic E-state index is -0.727. The number of halogens is 2. The number of carbonyl (C=O) groups excluding carboxylic acids is 4. The second-order valence-electron chi connectivity index (χ2n) is 9.67. The Labute approximate surface area is 215 Å². The van der Waals surface area contributed by atoms with E-state index in [1.807, 2.05) is 12.2 Å². The number of allylic oxidation sites excluding steroid dienone is 2. The van der Waals surface area contributed by atoms with Crippen molar-refractivity contribution in [2.75, 3.05) is 6.54 Å². The summed E-state index contributed by atoms with van der Waals surface area (Å²) >= 11 is 12.2. The van der Waals surface area contributed by atoms with Crippen LogP contribution in [0, 0.1) is 11.8 Å². The largest absolute Gasteiger partial charge is 0.352 e. The smallest absolute Gasteiger partial charge is 0.242 e. The number of hydrogen-bond acceptors (Lipinski definition) is 4. The molecule has 1 unspecified atom stereocenters. The molecule has 2 fully saturated rings. The highest BCUT2D eigenvalue weighted by Gasteiger charge is 2.47. The summed E-state index contributed by atoms with van der Waals surface area (Å²) in [6.45, 7) is 1.87. The summed E-state index contributed by atoms with van der Waals surface area (Å²) in [5.74, 6) is -1.59. The summed E-state index contributed by atoms with van der Waals surface area (Å²) in [7, 11) is 0. The summed E-state index contributed by atoms with van der Waals surface area (Å²) in [5, 5.41) is 3.83. The molecule has 0 bridgehead atoms. The Bertz CT molecular complexity index is 1010. The fraction of sp³-hybridized carbons (Fsp3) is 0.538. The van der Waals surface area contributed by atoms with Gasteiger partial charge in [0.2, 0.25) is 23.6 Å². The third-order valence-electron chi connectivity index (χ3n) is 7.35. The molecular weight excluding hydrogens is 489 g/mol. The van der Waals surface area contributed by atoms with Crippen molar-refractivity contribution < 1.29 is 19.2 Å². The van der Waals surface area contributed by atoms with Crippen LogP contribution in [0.25, 0.3) is 0 Å². The van der Waals surface area contributed by atoms with Crippen LogP contribution in [0.4, 0.5) is 0 Å². The van der Waals surface area contributed by atoms with Gasteiger partial charge in [0.15, 0.2) is 0 Å². The number of benzene rings is 1. The molecule has 1 saturated heterocycles. The maximum absolute atomic E-state index is 13.4. The first-order chi connectivity index (χ1) is 16.8. The van der Waals surface area contributed by atoms with Crippen molar-refractivity contribution in [3.8, 4) is 0 Å². The van der Waals surface area contributed by atoms with Crippen LogP contribution < -0.4 is 5.32 Å². The minimum Gasteiger partial charge on any atom is -0.352 e. The van der Waals surface area contributed by atoms with Gasteiger partial charge in [0.25, 0.3) is 0 Å². The van der Waals surface area contributed by atoms with Gasteiger partial charge in [-0.15, -0.1) is 0 Å². The van der Waals surface area contributed by atoms with Crippen molar-refractivity contribution >= 4 is 46.8 Å². The van der Waals surface area contributed by atoms with Gasteiger partial charge in [0, 0.05) is 25.6 Å². The van der Waals surface area contributed by atoms with Crippen LogP contribution in [0.15, 0.2) is 30.4 Å². The van der Waals surface area contributed by atoms with Gasteiger partial charge in [0.05, 0.1) is 21.9 Å². The Hall–Kier alpha value is -2.38. The number of amides is 4. The lowest BCUT2D eigenvalue weighted by Crippen LogP contribution is -2.50. The van der Waals surface area contributed by atoms with E-state index in [1.54, 1.807) is 25.1 Å². The van der Waals surface area contributed by atoms with Crippen molar-refractivity contribution in [1.29, 1.82) is 0 Å². The molecule has 3 aliphatic rings. The maximum Gasteiger partial charge on any atom is 0.242 e. The van der Waals surface area contributed by atoms with E-state index in [2.05, 4.69) is 5.32 Å². The molecule has 7 nitrogen and oxygen atoms in total. The predicted octanol–water partition coefficient (Wildman–Crippen LogP) is 4.11. The Morgan fingerprint density at radius 1 is 1.06 bits per heavy atom. The fourth-order valence-electron chi connectivity index (χ4n) is 5.25. The van der Waals surface area contributed by atoms with Crippen molar-refractivity contribution in [1.82, 2.24) is 15.1 Å². The van der Waals surface area contributed by atoms with Gasteiger partial charge in [-0.2, -0.15) is 0 Å². The van der Waals surface area contributed by atoms with Crippen molar-refractivity contribution in [3.05, 3.63) is 46.0 Å². The second-order valence-corrected chi connectivity index (χ2v) is 10.5. The second kappa shape index (κ2) is 11.1. The molecule has 9 heteroatoms. The summed E-state index contributed by atoms with van der Waals surface area (Å²) < 4.78 is 0. The fourth-order valence-corrected chi connectivity index (χ4v) is 5.57. The van der Waals surface area contributed by atoms with E-state index in [0.717, 1.165) is 31.2 Å². The molecule has 1 heterocycles. The lowest BCUT2D eigenvalue weighted by molar-refractivity contribution is -0.144. The van der Waals surface area contributed by atoms with Gasteiger partial charge >= 0.3 is 0 Å².